The molecule has 4 rings (SSSR count). The molecule has 3 heterocycles. The van der Waals surface area contributed by atoms with E-state index in [1.807, 2.05) is 6.07 Å². The number of aryl methyl sites for hydroxylation is 1. The molecule has 0 saturated heterocycles. The number of aliphatic hydroxyl groups excluding tert-OH is 1. The van der Waals surface area contributed by atoms with Crippen LogP contribution in [-0.2, 0) is 24.3 Å². The van der Waals surface area contributed by atoms with Crippen molar-refractivity contribution in [1.82, 2.24) is 35.2 Å². The third kappa shape index (κ3) is 5.29. The molecule has 0 saturated carbocycles. The summed E-state index contributed by atoms with van der Waals surface area (Å²) >= 11 is 0. The molecule has 1 unspecified atom stereocenters. The molecule has 0 bridgehead atoms. The molecule has 12 heteroatoms. The number of amides is 2. The third-order valence-electron chi connectivity index (χ3n) is 5.59. The maximum atomic E-state index is 13.9. The lowest BCUT2D eigenvalue weighted by molar-refractivity contribution is -0.120. The van der Waals surface area contributed by atoms with Crippen LogP contribution in [0.5, 0.6) is 0 Å². The van der Waals surface area contributed by atoms with E-state index in [1.54, 1.807) is 29.9 Å². The maximum Gasteiger partial charge on any atom is 0.291 e. The van der Waals surface area contributed by atoms with Gasteiger partial charge >= 0.3 is 0 Å². The summed E-state index contributed by atoms with van der Waals surface area (Å²) in [5.74, 6) is -0.632. The number of anilines is 1. The number of rotatable bonds is 9. The minimum Gasteiger partial charge on any atom is -0.395 e. The Morgan fingerprint density at radius 3 is 2.88 bits per heavy atom. The number of hydrogen-bond acceptors (Lipinski definition) is 7. The van der Waals surface area contributed by atoms with Gasteiger partial charge in [0.15, 0.2) is 0 Å². The number of nitrogens with one attached hydrogen (secondary N) is 2. The summed E-state index contributed by atoms with van der Waals surface area (Å²) in [6.45, 7) is 1.85. The molecule has 34 heavy (non-hydrogen) atoms. The van der Waals surface area contributed by atoms with Crippen molar-refractivity contribution < 1.29 is 19.1 Å². The smallest absolute Gasteiger partial charge is 0.291 e. The lowest BCUT2D eigenvalue weighted by atomic mass is 10.2. The largest absolute Gasteiger partial charge is 0.395 e. The second-order valence-corrected chi connectivity index (χ2v) is 8.01. The van der Waals surface area contributed by atoms with Gasteiger partial charge in [0.1, 0.15) is 24.0 Å². The number of benzene rings is 1. The van der Waals surface area contributed by atoms with Crippen LogP contribution < -0.4 is 15.5 Å². The zero-order valence-corrected chi connectivity index (χ0v) is 18.8. The molecule has 3 N–H and O–H groups in total. The third-order valence-corrected chi connectivity index (χ3v) is 5.59. The molecule has 2 amide bonds. The molecule has 1 atom stereocenters. The van der Waals surface area contributed by atoms with Crippen LogP contribution in [-0.4, -0.2) is 74.3 Å². The van der Waals surface area contributed by atoms with Crippen molar-refractivity contribution in [2.75, 3.05) is 31.6 Å². The van der Waals surface area contributed by atoms with Gasteiger partial charge in [-0.05, 0) is 12.5 Å². The Bertz CT molecular complexity index is 1160. The predicted octanol–water partition coefficient (Wildman–Crippen LogP) is -0.0485. The van der Waals surface area contributed by atoms with E-state index in [-0.39, 0.29) is 30.7 Å². The molecule has 0 spiro atoms. The highest BCUT2D eigenvalue weighted by Crippen LogP contribution is 2.21. The van der Waals surface area contributed by atoms with Crippen LogP contribution in [0.3, 0.4) is 0 Å². The first-order chi connectivity index (χ1) is 16.5. The highest BCUT2D eigenvalue weighted by Gasteiger charge is 2.31. The molecule has 0 fully saturated rings. The zero-order chi connectivity index (χ0) is 24.1. The molecular formula is C22H27FN8O3. The van der Waals surface area contributed by atoms with E-state index in [2.05, 4.69) is 25.8 Å². The molecule has 0 radical (unpaired) electrons. The number of aliphatic hydroxyl groups is 1. The van der Waals surface area contributed by atoms with Crippen molar-refractivity contribution in [2.24, 2.45) is 0 Å². The minimum absolute atomic E-state index is 0.0748. The summed E-state index contributed by atoms with van der Waals surface area (Å²) in [5.41, 5.74) is 1.27. The van der Waals surface area contributed by atoms with Gasteiger partial charge in [0.05, 0.1) is 18.8 Å². The average molecular weight is 471 g/mol. The SMILES string of the molecule is CN1C(=O)C(NC(=O)c2ncn(Cc3ccccc3F)n2)CCn2nc(CCNCCO)cc21. The number of carbonyl (C=O) groups excluding carboxylic acids is 2. The quantitative estimate of drug-likeness (QED) is 0.374. The Labute approximate surface area is 195 Å². The summed E-state index contributed by atoms with van der Waals surface area (Å²) in [4.78, 5) is 31.2. The topological polar surface area (TPSA) is 130 Å². The van der Waals surface area contributed by atoms with Gasteiger partial charge in [0.25, 0.3) is 11.8 Å². The lowest BCUT2D eigenvalue weighted by Gasteiger charge is -2.19. The molecule has 180 valence electrons. The van der Waals surface area contributed by atoms with Gasteiger partial charge in [0, 0.05) is 44.7 Å². The second-order valence-electron chi connectivity index (χ2n) is 8.01. The first-order valence-corrected chi connectivity index (χ1v) is 11.1. The Morgan fingerprint density at radius 2 is 2.09 bits per heavy atom. The van der Waals surface area contributed by atoms with Gasteiger partial charge in [0.2, 0.25) is 5.82 Å². The van der Waals surface area contributed by atoms with E-state index < -0.39 is 11.9 Å². The summed E-state index contributed by atoms with van der Waals surface area (Å²) < 4.78 is 17.0. The fraction of sp³-hybridized carbons (Fsp3) is 0.409. The van der Waals surface area contributed by atoms with E-state index in [4.69, 9.17) is 5.11 Å². The lowest BCUT2D eigenvalue weighted by Crippen LogP contribution is -2.47. The minimum atomic E-state index is -0.757. The van der Waals surface area contributed by atoms with Crippen LogP contribution in [0.2, 0.25) is 0 Å². The molecule has 0 aliphatic carbocycles. The van der Waals surface area contributed by atoms with Crippen molar-refractivity contribution in [3.63, 3.8) is 0 Å². The first kappa shape index (κ1) is 23.5. The van der Waals surface area contributed by atoms with E-state index >= 15 is 0 Å². The van der Waals surface area contributed by atoms with Crippen molar-refractivity contribution in [3.8, 4) is 0 Å². The fourth-order valence-electron chi connectivity index (χ4n) is 3.79. The monoisotopic (exact) mass is 470 g/mol. The maximum absolute atomic E-state index is 13.9. The Balaban J connectivity index is 1.37. The van der Waals surface area contributed by atoms with Gasteiger partial charge in [-0.3, -0.25) is 14.5 Å². The van der Waals surface area contributed by atoms with Crippen molar-refractivity contribution in [3.05, 3.63) is 59.6 Å². The van der Waals surface area contributed by atoms with E-state index in [0.717, 1.165) is 5.69 Å². The van der Waals surface area contributed by atoms with Gasteiger partial charge in [-0.1, -0.05) is 18.2 Å². The summed E-state index contributed by atoms with van der Waals surface area (Å²) in [6.07, 6.45) is 2.39. The molecule has 1 aromatic carbocycles. The van der Waals surface area contributed by atoms with Gasteiger partial charge in [-0.15, -0.1) is 5.10 Å². The Morgan fingerprint density at radius 1 is 1.26 bits per heavy atom. The van der Waals surface area contributed by atoms with E-state index in [9.17, 15) is 14.0 Å². The Hall–Kier alpha value is -3.64. The van der Waals surface area contributed by atoms with Gasteiger partial charge < -0.3 is 15.7 Å². The zero-order valence-electron chi connectivity index (χ0n) is 18.8. The van der Waals surface area contributed by atoms with Crippen molar-refractivity contribution in [1.29, 1.82) is 0 Å². The number of carbonyl (C=O) groups is 2. The number of hydrogen-bond donors (Lipinski definition) is 3. The number of fused-ring (bicyclic) bond motifs is 1. The highest BCUT2D eigenvalue weighted by molar-refractivity contribution is 6.00. The molecule has 11 nitrogen and oxygen atoms in total. The summed E-state index contributed by atoms with van der Waals surface area (Å²) in [6, 6.07) is 7.41. The average Bonchev–Trinajstić information content (AvgIpc) is 3.45. The fourth-order valence-corrected chi connectivity index (χ4v) is 3.79. The van der Waals surface area contributed by atoms with Crippen LogP contribution >= 0.6 is 0 Å². The van der Waals surface area contributed by atoms with Crippen LogP contribution in [0.1, 0.15) is 28.3 Å². The second kappa shape index (κ2) is 10.5. The Kier molecular flexibility index (Phi) is 7.28. The van der Waals surface area contributed by atoms with Gasteiger partial charge in [-0.2, -0.15) is 5.10 Å². The highest BCUT2D eigenvalue weighted by atomic mass is 19.1. The summed E-state index contributed by atoms with van der Waals surface area (Å²) in [7, 11) is 1.65. The summed E-state index contributed by atoms with van der Waals surface area (Å²) in [5, 5.41) is 23.3. The number of nitrogens with zero attached hydrogens (tertiary/aromatic N) is 6. The van der Waals surface area contributed by atoms with Gasteiger partial charge in [-0.25, -0.2) is 18.7 Å². The normalized spacial score (nSPS) is 15.8. The van der Waals surface area contributed by atoms with Crippen molar-refractivity contribution in [2.45, 2.75) is 32.0 Å². The van der Waals surface area contributed by atoms with Crippen LogP contribution in [0, 0.1) is 5.82 Å². The predicted molar refractivity (Wildman–Crippen MR) is 121 cm³/mol. The molecule has 1 aliphatic heterocycles. The first-order valence-electron chi connectivity index (χ1n) is 11.1. The van der Waals surface area contributed by atoms with Crippen LogP contribution in [0.4, 0.5) is 10.2 Å². The standard InChI is InChI=1S/C22H27FN8O3/c1-29-19-12-16(6-8-24-9-11-32)27-31(19)10-7-18(22(29)34)26-21(33)20-25-14-30(28-20)13-15-4-2-3-5-17(15)23/h2-5,12,14,18,24,32H,6-11,13H2,1H3,(H,26,33). The van der Waals surface area contributed by atoms with Crippen LogP contribution in [0.15, 0.2) is 36.7 Å². The van der Waals surface area contributed by atoms with E-state index in [0.29, 0.717) is 43.9 Å². The van der Waals surface area contributed by atoms with Crippen LogP contribution in [0.25, 0.3) is 0 Å². The molecule has 2 aromatic heterocycles. The van der Waals surface area contributed by atoms with E-state index in [1.165, 1.54) is 22.0 Å². The number of aromatic nitrogens is 5. The van der Waals surface area contributed by atoms with Crippen molar-refractivity contribution >= 4 is 17.6 Å². The number of likely N-dealkylation sites (N-methyl/N-ethyl adjacent to an activating group) is 1. The number of halogens is 1. The molecule has 3 aromatic rings. The molecule has 1 aliphatic rings. The molecular weight excluding hydrogens is 443 g/mol.